The zero-order chi connectivity index (χ0) is 17.8. The van der Waals surface area contributed by atoms with Crippen molar-refractivity contribution in [1.29, 1.82) is 0 Å². The molecule has 1 aliphatic rings. The molecule has 2 aromatic carbocycles. The fraction of sp³-hybridized carbons (Fsp3) is 0.273. The quantitative estimate of drug-likeness (QED) is 0.768. The van der Waals surface area contributed by atoms with Crippen LogP contribution in [0.3, 0.4) is 0 Å². The van der Waals surface area contributed by atoms with Gasteiger partial charge in [0.05, 0.1) is 0 Å². The van der Waals surface area contributed by atoms with Crippen LogP contribution in [-0.4, -0.2) is 22.0 Å². The number of amides is 1. The topological polar surface area (TPSA) is 46.9 Å². The van der Waals surface area contributed by atoms with Gasteiger partial charge in [0, 0.05) is 31.6 Å². The highest BCUT2D eigenvalue weighted by Gasteiger charge is 2.23. The van der Waals surface area contributed by atoms with Crippen LogP contribution in [0.15, 0.2) is 66.9 Å². The lowest BCUT2D eigenvalue weighted by molar-refractivity contribution is 0.0949. The Morgan fingerprint density at radius 1 is 1.08 bits per heavy atom. The van der Waals surface area contributed by atoms with Gasteiger partial charge in [-0.25, -0.2) is 4.98 Å². The number of aromatic nitrogens is 2. The van der Waals surface area contributed by atoms with Crippen molar-refractivity contribution in [3.05, 3.63) is 89.5 Å². The maximum absolute atomic E-state index is 12.4. The fourth-order valence-corrected chi connectivity index (χ4v) is 3.61. The van der Waals surface area contributed by atoms with Crippen molar-refractivity contribution in [2.45, 2.75) is 31.7 Å². The van der Waals surface area contributed by atoms with E-state index in [1.54, 1.807) is 0 Å². The first-order valence-electron chi connectivity index (χ1n) is 9.23. The molecule has 1 atom stereocenters. The van der Waals surface area contributed by atoms with Crippen molar-refractivity contribution >= 4 is 5.91 Å². The first kappa shape index (κ1) is 16.6. The normalized spacial score (nSPS) is 16.1. The smallest absolute Gasteiger partial charge is 0.271 e. The largest absolute Gasteiger partial charge is 0.350 e. The lowest BCUT2D eigenvalue weighted by Gasteiger charge is -2.23. The number of fused-ring (bicyclic) bond motifs is 1. The third-order valence-corrected chi connectivity index (χ3v) is 5.04. The summed E-state index contributed by atoms with van der Waals surface area (Å²) in [6.45, 7) is 1.52. The molecule has 0 fully saturated rings. The number of aryl methyl sites for hydroxylation is 1. The Labute approximate surface area is 153 Å². The van der Waals surface area contributed by atoms with Crippen LogP contribution >= 0.6 is 0 Å². The van der Waals surface area contributed by atoms with Crippen LogP contribution < -0.4 is 5.32 Å². The van der Waals surface area contributed by atoms with E-state index >= 15 is 0 Å². The van der Waals surface area contributed by atoms with Gasteiger partial charge in [-0.15, -0.1) is 0 Å². The van der Waals surface area contributed by atoms with E-state index in [9.17, 15) is 4.79 Å². The number of hydrogen-bond donors (Lipinski definition) is 1. The zero-order valence-corrected chi connectivity index (χ0v) is 14.8. The summed E-state index contributed by atoms with van der Waals surface area (Å²) >= 11 is 0. The molecule has 0 radical (unpaired) electrons. The zero-order valence-electron chi connectivity index (χ0n) is 14.8. The monoisotopic (exact) mass is 345 g/mol. The van der Waals surface area contributed by atoms with Gasteiger partial charge in [-0.1, -0.05) is 60.7 Å². The molecule has 1 N–H and O–H groups in total. The van der Waals surface area contributed by atoms with Crippen molar-refractivity contribution in [2.24, 2.45) is 0 Å². The maximum atomic E-state index is 12.4. The van der Waals surface area contributed by atoms with E-state index in [1.165, 1.54) is 11.1 Å². The minimum atomic E-state index is -0.0842. The average molecular weight is 345 g/mol. The van der Waals surface area contributed by atoms with Gasteiger partial charge in [0.25, 0.3) is 5.91 Å². The third kappa shape index (κ3) is 3.69. The molecule has 1 aliphatic heterocycles. The predicted octanol–water partition coefficient (Wildman–Crippen LogP) is 3.59. The minimum Gasteiger partial charge on any atom is -0.350 e. The van der Waals surface area contributed by atoms with E-state index in [-0.39, 0.29) is 5.91 Å². The Morgan fingerprint density at radius 2 is 1.81 bits per heavy atom. The van der Waals surface area contributed by atoms with Crippen molar-refractivity contribution < 1.29 is 4.79 Å². The molecule has 132 valence electrons. The van der Waals surface area contributed by atoms with Gasteiger partial charge in [-0.2, -0.15) is 0 Å². The summed E-state index contributed by atoms with van der Waals surface area (Å²) in [6, 6.07) is 20.8. The summed E-state index contributed by atoms with van der Waals surface area (Å²) in [5.41, 5.74) is 3.12. The van der Waals surface area contributed by atoms with E-state index in [0.29, 0.717) is 18.2 Å². The molecular formula is C22H23N3O. The number of imidazole rings is 1. The molecule has 0 saturated carbocycles. The van der Waals surface area contributed by atoms with Gasteiger partial charge < -0.3 is 9.88 Å². The molecule has 0 saturated heterocycles. The number of carbonyl (C=O) groups excluding carboxylic acids is 1. The molecule has 2 heterocycles. The van der Waals surface area contributed by atoms with Crippen LogP contribution in [0.2, 0.25) is 0 Å². The van der Waals surface area contributed by atoms with Crippen molar-refractivity contribution in [1.82, 2.24) is 14.9 Å². The molecular weight excluding hydrogens is 322 g/mol. The summed E-state index contributed by atoms with van der Waals surface area (Å²) in [4.78, 5) is 17.0. The molecule has 26 heavy (non-hydrogen) atoms. The van der Waals surface area contributed by atoms with Crippen molar-refractivity contribution in [3.8, 4) is 0 Å². The fourth-order valence-electron chi connectivity index (χ4n) is 3.61. The van der Waals surface area contributed by atoms with Crippen molar-refractivity contribution in [3.63, 3.8) is 0 Å². The predicted molar refractivity (Wildman–Crippen MR) is 102 cm³/mol. The number of carbonyl (C=O) groups is 1. The summed E-state index contributed by atoms with van der Waals surface area (Å²) in [5.74, 6) is 1.43. The maximum Gasteiger partial charge on any atom is 0.271 e. The van der Waals surface area contributed by atoms with Gasteiger partial charge in [-0.3, -0.25) is 4.79 Å². The Balaban J connectivity index is 1.37. The summed E-state index contributed by atoms with van der Waals surface area (Å²) in [5, 5.41) is 2.98. The minimum absolute atomic E-state index is 0.0842. The van der Waals surface area contributed by atoms with E-state index in [1.807, 2.05) is 30.5 Å². The molecule has 0 unspecified atom stereocenters. The average Bonchev–Trinajstić information content (AvgIpc) is 3.13. The second-order valence-electron chi connectivity index (χ2n) is 6.83. The van der Waals surface area contributed by atoms with E-state index in [2.05, 4.69) is 51.3 Å². The molecule has 4 nitrogen and oxygen atoms in total. The molecule has 1 amide bonds. The standard InChI is InChI=1S/C22H23N3O/c26-22(23-14-13-17-7-3-1-4-8-17)20-16-25-15-19(11-12-21(25)24-20)18-9-5-2-6-10-18/h1-10,16,19H,11-15H2,(H,23,26)/t19-/m0/s1. The second-order valence-corrected chi connectivity index (χ2v) is 6.83. The number of nitrogens with zero attached hydrogens (tertiary/aromatic N) is 2. The summed E-state index contributed by atoms with van der Waals surface area (Å²) < 4.78 is 2.15. The van der Waals surface area contributed by atoms with Crippen LogP contribution in [0, 0.1) is 0 Å². The van der Waals surface area contributed by atoms with E-state index in [0.717, 1.165) is 31.6 Å². The van der Waals surface area contributed by atoms with E-state index < -0.39 is 0 Å². The Morgan fingerprint density at radius 3 is 2.58 bits per heavy atom. The Bertz CT molecular complexity index is 871. The highest BCUT2D eigenvalue weighted by molar-refractivity contribution is 5.92. The first-order valence-corrected chi connectivity index (χ1v) is 9.23. The van der Waals surface area contributed by atoms with Crippen LogP contribution in [0.25, 0.3) is 0 Å². The molecule has 4 rings (SSSR count). The van der Waals surface area contributed by atoms with Crippen LogP contribution in [0.1, 0.15) is 39.8 Å². The summed E-state index contributed by atoms with van der Waals surface area (Å²) in [6.07, 6.45) is 4.73. The van der Waals surface area contributed by atoms with E-state index in [4.69, 9.17) is 0 Å². The SMILES string of the molecule is O=C(NCCc1ccccc1)c1cn2c(n1)CC[C@H](c1ccccc1)C2. The Hall–Kier alpha value is -2.88. The van der Waals surface area contributed by atoms with Crippen LogP contribution in [0.5, 0.6) is 0 Å². The van der Waals surface area contributed by atoms with Gasteiger partial charge in [0.2, 0.25) is 0 Å². The lowest BCUT2D eigenvalue weighted by Crippen LogP contribution is -2.26. The van der Waals surface area contributed by atoms with Crippen LogP contribution in [-0.2, 0) is 19.4 Å². The summed E-state index contributed by atoms with van der Waals surface area (Å²) in [7, 11) is 0. The molecule has 0 bridgehead atoms. The first-order chi connectivity index (χ1) is 12.8. The molecule has 3 aromatic rings. The molecule has 4 heteroatoms. The number of benzene rings is 2. The highest BCUT2D eigenvalue weighted by Crippen LogP contribution is 2.28. The molecule has 1 aromatic heterocycles. The van der Waals surface area contributed by atoms with Gasteiger partial charge in [-0.05, 0) is 24.0 Å². The van der Waals surface area contributed by atoms with Gasteiger partial charge in [0.15, 0.2) is 0 Å². The van der Waals surface area contributed by atoms with Gasteiger partial charge in [0.1, 0.15) is 11.5 Å². The second kappa shape index (κ2) is 7.56. The lowest BCUT2D eigenvalue weighted by atomic mass is 9.92. The highest BCUT2D eigenvalue weighted by atomic mass is 16.1. The Kier molecular flexibility index (Phi) is 4.82. The number of nitrogens with one attached hydrogen (secondary N) is 1. The van der Waals surface area contributed by atoms with Crippen molar-refractivity contribution in [2.75, 3.05) is 6.54 Å². The number of hydrogen-bond acceptors (Lipinski definition) is 2. The number of rotatable bonds is 5. The molecule has 0 aliphatic carbocycles. The van der Waals surface area contributed by atoms with Crippen LogP contribution in [0.4, 0.5) is 0 Å². The molecule has 0 spiro atoms. The third-order valence-electron chi connectivity index (χ3n) is 5.04. The van der Waals surface area contributed by atoms with Gasteiger partial charge >= 0.3 is 0 Å².